The number of nitriles is 1. The average Bonchev–Trinajstić information content (AvgIpc) is 3.01. The van der Waals surface area contributed by atoms with Crippen molar-refractivity contribution < 1.29 is 0 Å². The molecule has 0 aliphatic carbocycles. The zero-order valence-electron chi connectivity index (χ0n) is 15.1. The van der Waals surface area contributed by atoms with E-state index in [4.69, 9.17) is 5.26 Å². The van der Waals surface area contributed by atoms with Gasteiger partial charge in [-0.15, -0.1) is 0 Å². The number of hydrogen-bond donors (Lipinski definition) is 0. The van der Waals surface area contributed by atoms with Gasteiger partial charge >= 0.3 is 0 Å². The van der Waals surface area contributed by atoms with Crippen LogP contribution in [0.5, 0.6) is 0 Å². The molecular weight excluding hydrogens is 282 g/mol. The Morgan fingerprint density at radius 3 is 2.04 bits per heavy atom. The third-order valence-electron chi connectivity index (χ3n) is 4.52. The van der Waals surface area contributed by atoms with E-state index >= 15 is 0 Å². The van der Waals surface area contributed by atoms with Crippen molar-refractivity contribution in [3.63, 3.8) is 0 Å². The Morgan fingerprint density at radius 2 is 1.48 bits per heavy atom. The molecule has 1 rings (SSSR count). The van der Waals surface area contributed by atoms with Crippen molar-refractivity contribution in [1.82, 2.24) is 9.55 Å². The van der Waals surface area contributed by atoms with E-state index in [9.17, 15) is 0 Å². The van der Waals surface area contributed by atoms with E-state index in [0.29, 0.717) is 6.42 Å². The zero-order chi connectivity index (χ0) is 16.6. The number of aryl methyl sites for hydroxylation is 2. The van der Waals surface area contributed by atoms with Crippen molar-refractivity contribution >= 4 is 0 Å². The van der Waals surface area contributed by atoms with E-state index in [-0.39, 0.29) is 0 Å². The van der Waals surface area contributed by atoms with Gasteiger partial charge in [0.25, 0.3) is 0 Å². The molecule has 0 aliphatic heterocycles. The van der Waals surface area contributed by atoms with Gasteiger partial charge in [-0.05, 0) is 6.42 Å². The van der Waals surface area contributed by atoms with Gasteiger partial charge in [0, 0.05) is 25.4 Å². The van der Waals surface area contributed by atoms with Crippen LogP contribution in [0, 0.1) is 11.3 Å². The molecule has 0 spiro atoms. The Balaban J connectivity index is 1.90. The normalized spacial score (nSPS) is 10.8. The second kappa shape index (κ2) is 14.3. The Morgan fingerprint density at radius 1 is 0.913 bits per heavy atom. The van der Waals surface area contributed by atoms with Crippen molar-refractivity contribution in [3.05, 3.63) is 18.2 Å². The quantitative estimate of drug-likeness (QED) is 0.370. The number of hydrogen-bond acceptors (Lipinski definition) is 2. The molecule has 1 aromatic heterocycles. The molecule has 0 atom stereocenters. The monoisotopic (exact) mass is 317 g/mol. The van der Waals surface area contributed by atoms with Crippen LogP contribution in [-0.4, -0.2) is 9.55 Å². The zero-order valence-corrected chi connectivity index (χ0v) is 15.1. The average molecular weight is 318 g/mol. The molecular formula is C20H35N3. The van der Waals surface area contributed by atoms with Crippen LogP contribution in [0.25, 0.3) is 0 Å². The molecule has 3 nitrogen and oxygen atoms in total. The predicted octanol–water partition coefficient (Wildman–Crippen LogP) is 6.04. The fraction of sp³-hybridized carbons (Fsp3) is 0.800. The fourth-order valence-corrected chi connectivity index (χ4v) is 3.07. The van der Waals surface area contributed by atoms with Crippen LogP contribution >= 0.6 is 0 Å². The second-order valence-electron chi connectivity index (χ2n) is 6.58. The molecule has 0 fully saturated rings. The topological polar surface area (TPSA) is 41.6 Å². The molecule has 0 aromatic carbocycles. The van der Waals surface area contributed by atoms with Crippen LogP contribution in [0.15, 0.2) is 12.4 Å². The third kappa shape index (κ3) is 10.2. The van der Waals surface area contributed by atoms with E-state index in [2.05, 4.69) is 22.5 Å². The fourth-order valence-electron chi connectivity index (χ4n) is 3.07. The van der Waals surface area contributed by atoms with Crippen LogP contribution in [0.4, 0.5) is 0 Å². The van der Waals surface area contributed by atoms with Crippen molar-refractivity contribution in [2.24, 2.45) is 0 Å². The minimum Gasteiger partial charge on any atom is -0.334 e. The van der Waals surface area contributed by atoms with Gasteiger partial charge in [-0.25, -0.2) is 4.98 Å². The SMILES string of the molecule is CCCCCCCCCCCCCCc1nccn1CCC#N. The lowest BCUT2D eigenvalue weighted by Crippen LogP contribution is -2.02. The summed E-state index contributed by atoms with van der Waals surface area (Å²) in [5.74, 6) is 1.15. The summed E-state index contributed by atoms with van der Waals surface area (Å²) in [6.07, 6.45) is 22.1. The van der Waals surface area contributed by atoms with Gasteiger partial charge in [0.1, 0.15) is 5.82 Å². The highest BCUT2D eigenvalue weighted by molar-refractivity contribution is 4.93. The van der Waals surface area contributed by atoms with E-state index in [1.807, 2.05) is 12.4 Å². The Labute approximate surface area is 143 Å². The summed E-state index contributed by atoms with van der Waals surface area (Å²) < 4.78 is 2.13. The summed E-state index contributed by atoms with van der Waals surface area (Å²) in [6.45, 7) is 3.06. The van der Waals surface area contributed by atoms with Crippen LogP contribution in [0.2, 0.25) is 0 Å². The minimum absolute atomic E-state index is 0.571. The third-order valence-corrected chi connectivity index (χ3v) is 4.52. The van der Waals surface area contributed by atoms with Crippen LogP contribution in [0.1, 0.15) is 96.2 Å². The predicted molar refractivity (Wildman–Crippen MR) is 97.2 cm³/mol. The minimum atomic E-state index is 0.571. The lowest BCUT2D eigenvalue weighted by molar-refractivity contribution is 0.539. The van der Waals surface area contributed by atoms with E-state index in [1.165, 1.54) is 77.0 Å². The molecule has 1 aromatic rings. The summed E-state index contributed by atoms with van der Waals surface area (Å²) in [4.78, 5) is 4.41. The first-order valence-corrected chi connectivity index (χ1v) is 9.75. The van der Waals surface area contributed by atoms with Gasteiger partial charge < -0.3 is 4.57 Å². The van der Waals surface area contributed by atoms with Crippen molar-refractivity contribution in [1.29, 1.82) is 5.26 Å². The summed E-state index contributed by atoms with van der Waals surface area (Å²) in [5, 5.41) is 8.66. The van der Waals surface area contributed by atoms with Crippen molar-refractivity contribution in [3.8, 4) is 6.07 Å². The summed E-state index contributed by atoms with van der Waals surface area (Å²) in [7, 11) is 0. The first-order chi connectivity index (χ1) is 11.4. The smallest absolute Gasteiger partial charge is 0.108 e. The van der Waals surface area contributed by atoms with E-state index < -0.39 is 0 Å². The maximum absolute atomic E-state index is 8.66. The summed E-state index contributed by atoms with van der Waals surface area (Å²) in [5.41, 5.74) is 0. The Bertz CT molecular complexity index is 417. The number of aromatic nitrogens is 2. The first-order valence-electron chi connectivity index (χ1n) is 9.75. The summed E-state index contributed by atoms with van der Waals surface area (Å²) in [6, 6.07) is 2.20. The highest BCUT2D eigenvalue weighted by Crippen LogP contribution is 2.13. The molecule has 1 heterocycles. The molecule has 0 radical (unpaired) electrons. The largest absolute Gasteiger partial charge is 0.334 e. The van der Waals surface area contributed by atoms with Gasteiger partial charge in [0.15, 0.2) is 0 Å². The van der Waals surface area contributed by atoms with Gasteiger partial charge in [-0.1, -0.05) is 77.6 Å². The Kier molecular flexibility index (Phi) is 12.3. The molecule has 0 N–H and O–H groups in total. The van der Waals surface area contributed by atoms with Crippen molar-refractivity contribution in [2.45, 2.75) is 103 Å². The second-order valence-corrected chi connectivity index (χ2v) is 6.58. The standard InChI is InChI=1S/C20H35N3/c1-2-3-4-5-6-7-8-9-10-11-12-13-15-20-22-17-19-23(20)18-14-16-21/h17,19H,2-15,18H2,1H3. The maximum Gasteiger partial charge on any atom is 0.108 e. The molecule has 0 saturated carbocycles. The van der Waals surface area contributed by atoms with Gasteiger partial charge in [-0.3, -0.25) is 0 Å². The van der Waals surface area contributed by atoms with Gasteiger partial charge in [0.05, 0.1) is 12.5 Å². The van der Waals surface area contributed by atoms with Crippen LogP contribution < -0.4 is 0 Å². The highest BCUT2D eigenvalue weighted by Gasteiger charge is 2.02. The number of nitrogens with zero attached hydrogens (tertiary/aromatic N) is 3. The number of imidazole rings is 1. The molecule has 0 saturated heterocycles. The van der Waals surface area contributed by atoms with E-state index in [1.54, 1.807) is 0 Å². The summed E-state index contributed by atoms with van der Waals surface area (Å²) >= 11 is 0. The Hall–Kier alpha value is -1.30. The maximum atomic E-state index is 8.66. The molecule has 0 bridgehead atoms. The molecule has 0 aliphatic rings. The molecule has 130 valence electrons. The van der Waals surface area contributed by atoms with Crippen LogP contribution in [-0.2, 0) is 13.0 Å². The lowest BCUT2D eigenvalue weighted by atomic mass is 10.0. The van der Waals surface area contributed by atoms with E-state index in [0.717, 1.165) is 18.8 Å². The molecule has 0 amide bonds. The molecule has 3 heteroatoms. The molecule has 0 unspecified atom stereocenters. The molecule has 23 heavy (non-hydrogen) atoms. The lowest BCUT2D eigenvalue weighted by Gasteiger charge is -2.05. The highest BCUT2D eigenvalue weighted by atomic mass is 15.1. The van der Waals surface area contributed by atoms with Crippen LogP contribution in [0.3, 0.4) is 0 Å². The van der Waals surface area contributed by atoms with Gasteiger partial charge in [0.2, 0.25) is 0 Å². The number of rotatable bonds is 15. The van der Waals surface area contributed by atoms with Gasteiger partial charge in [-0.2, -0.15) is 5.26 Å². The number of unbranched alkanes of at least 4 members (excludes halogenated alkanes) is 11. The van der Waals surface area contributed by atoms with Crippen molar-refractivity contribution in [2.75, 3.05) is 0 Å². The first kappa shape index (κ1) is 19.7.